The molecule has 0 aliphatic carbocycles. The molecule has 31 heavy (non-hydrogen) atoms. The molecule has 166 valence electrons. The highest BCUT2D eigenvalue weighted by Crippen LogP contribution is 2.40. The molecule has 0 heterocycles. The Hall–Kier alpha value is -2.72. The summed E-state index contributed by atoms with van der Waals surface area (Å²) in [5, 5.41) is 14.1. The molecular weight excluding hydrogens is 499 g/mol. The number of ether oxygens (including phenoxy) is 2. The highest BCUT2D eigenvalue weighted by molar-refractivity contribution is 9.10. The van der Waals surface area contributed by atoms with Crippen LogP contribution in [0.5, 0.6) is 5.75 Å². The molecule has 2 aromatic carbocycles. The smallest absolute Gasteiger partial charge is 0.407 e. The summed E-state index contributed by atoms with van der Waals surface area (Å²) in [6, 6.07) is 4.24. The van der Waals surface area contributed by atoms with Crippen LogP contribution in [0.15, 0.2) is 28.7 Å². The van der Waals surface area contributed by atoms with Crippen molar-refractivity contribution >= 4 is 45.1 Å². The van der Waals surface area contributed by atoms with Gasteiger partial charge >= 0.3 is 6.09 Å². The Morgan fingerprint density at radius 2 is 1.94 bits per heavy atom. The molecule has 1 N–H and O–H groups in total. The molecule has 0 unspecified atom stereocenters. The van der Waals surface area contributed by atoms with Crippen LogP contribution in [0.2, 0.25) is 5.02 Å². The molecule has 2 aromatic rings. The highest BCUT2D eigenvalue weighted by atomic mass is 79.9. The fourth-order valence-electron chi connectivity index (χ4n) is 2.67. The van der Waals surface area contributed by atoms with Crippen LogP contribution in [-0.2, 0) is 11.3 Å². The van der Waals surface area contributed by atoms with Crippen molar-refractivity contribution in [3.05, 3.63) is 66.4 Å². The molecule has 8 nitrogen and oxygen atoms in total. The topological polar surface area (TPSA) is 108 Å². The summed E-state index contributed by atoms with van der Waals surface area (Å²) in [5.74, 6) is -1.51. The summed E-state index contributed by atoms with van der Waals surface area (Å²) < 4.78 is 24.1. The molecule has 0 aliphatic heterocycles. The van der Waals surface area contributed by atoms with Crippen molar-refractivity contribution < 1.29 is 28.4 Å². The minimum atomic E-state index is -0.868. The normalized spacial score (nSPS) is 11.1. The van der Waals surface area contributed by atoms with E-state index in [0.29, 0.717) is 0 Å². The number of amides is 1. The van der Waals surface area contributed by atoms with Gasteiger partial charge in [0.1, 0.15) is 22.7 Å². The van der Waals surface area contributed by atoms with Gasteiger partial charge in [-0.3, -0.25) is 14.9 Å². The van der Waals surface area contributed by atoms with Crippen LogP contribution in [0, 0.1) is 15.9 Å². The zero-order valence-electron chi connectivity index (χ0n) is 17.0. The Morgan fingerprint density at radius 3 is 2.48 bits per heavy atom. The first-order valence-electron chi connectivity index (χ1n) is 8.86. The van der Waals surface area contributed by atoms with Crippen LogP contribution < -0.4 is 10.1 Å². The van der Waals surface area contributed by atoms with Crippen LogP contribution >= 0.6 is 27.5 Å². The second-order valence-corrected chi connectivity index (χ2v) is 8.54. The lowest BCUT2D eigenvalue weighted by atomic mass is 9.99. The van der Waals surface area contributed by atoms with E-state index in [2.05, 4.69) is 21.2 Å². The summed E-state index contributed by atoms with van der Waals surface area (Å²) >= 11 is 9.18. The number of carbonyl (C=O) groups excluding carboxylic acids is 2. The Labute approximate surface area is 190 Å². The molecule has 0 fully saturated rings. The summed E-state index contributed by atoms with van der Waals surface area (Å²) in [6.45, 7) is 4.89. The number of benzene rings is 2. The number of methoxy groups -OCH3 is 1. The number of carbonyl (C=O) groups is 2. The number of nitrogens with one attached hydrogen (secondary N) is 1. The third-order valence-corrected chi connectivity index (χ3v) is 4.99. The van der Waals surface area contributed by atoms with Crippen LogP contribution in [0.1, 0.15) is 42.3 Å². The van der Waals surface area contributed by atoms with Gasteiger partial charge in [0.2, 0.25) is 5.78 Å². The Kier molecular flexibility index (Phi) is 7.61. The van der Waals surface area contributed by atoms with Crippen LogP contribution in [0.3, 0.4) is 0 Å². The first-order valence-corrected chi connectivity index (χ1v) is 10.0. The van der Waals surface area contributed by atoms with E-state index in [0.717, 1.165) is 18.2 Å². The third-order valence-electron chi connectivity index (χ3n) is 3.90. The van der Waals surface area contributed by atoms with Gasteiger partial charge in [0.15, 0.2) is 0 Å². The molecule has 0 saturated heterocycles. The largest absolute Gasteiger partial charge is 0.495 e. The van der Waals surface area contributed by atoms with Gasteiger partial charge in [-0.1, -0.05) is 11.6 Å². The fraction of sp³-hybridized carbons (Fsp3) is 0.300. The maximum Gasteiger partial charge on any atom is 0.407 e. The highest BCUT2D eigenvalue weighted by Gasteiger charge is 2.31. The number of nitrogens with zero attached hydrogens (tertiary/aromatic N) is 1. The summed E-state index contributed by atoms with van der Waals surface area (Å²) in [5.41, 5.74) is -1.70. The van der Waals surface area contributed by atoms with Crippen molar-refractivity contribution in [1.29, 1.82) is 0 Å². The third kappa shape index (κ3) is 5.92. The lowest BCUT2D eigenvalue weighted by molar-refractivity contribution is -0.385. The van der Waals surface area contributed by atoms with Gasteiger partial charge in [-0.15, -0.1) is 0 Å². The number of nitro groups is 1. The van der Waals surface area contributed by atoms with Gasteiger partial charge < -0.3 is 14.8 Å². The maximum absolute atomic E-state index is 13.7. The standard InChI is InChI=1S/C20H19BrClFN2O6/c1-20(2,3)31-19(27)24-9-10-7-14(25(28)29)15(16(21)18(10)30-4)17(26)12-8-11(23)5-6-13(12)22/h5-8H,9H2,1-4H3,(H,24,27). The molecule has 0 spiro atoms. The number of halogens is 3. The van der Waals surface area contributed by atoms with Crippen molar-refractivity contribution in [2.45, 2.75) is 32.9 Å². The number of alkyl carbamates (subject to hydrolysis) is 1. The molecule has 2 rings (SSSR count). The van der Waals surface area contributed by atoms with Gasteiger partial charge in [-0.2, -0.15) is 0 Å². The van der Waals surface area contributed by atoms with Gasteiger partial charge in [0.25, 0.3) is 5.69 Å². The quantitative estimate of drug-likeness (QED) is 0.312. The Bertz CT molecular complexity index is 1050. The average molecular weight is 518 g/mol. The van der Waals surface area contributed by atoms with E-state index in [1.54, 1.807) is 20.8 Å². The van der Waals surface area contributed by atoms with Crippen LogP contribution in [-0.4, -0.2) is 29.5 Å². The summed E-state index contributed by atoms with van der Waals surface area (Å²) in [6.07, 6.45) is -0.736. The van der Waals surface area contributed by atoms with Gasteiger partial charge in [0, 0.05) is 17.2 Å². The molecule has 0 radical (unpaired) electrons. The van der Waals surface area contributed by atoms with E-state index >= 15 is 0 Å². The van der Waals surface area contributed by atoms with Gasteiger partial charge in [-0.25, -0.2) is 9.18 Å². The number of rotatable bonds is 6. The van der Waals surface area contributed by atoms with E-state index in [1.165, 1.54) is 13.2 Å². The van der Waals surface area contributed by atoms with Crippen molar-refractivity contribution in [2.75, 3.05) is 7.11 Å². The van der Waals surface area contributed by atoms with E-state index in [9.17, 15) is 24.1 Å². The SMILES string of the molecule is COc1c(CNC(=O)OC(C)(C)C)cc([N+](=O)[O-])c(C(=O)c2cc(F)ccc2Cl)c1Br. The zero-order chi connectivity index (χ0) is 23.5. The molecule has 1 amide bonds. The molecule has 0 bridgehead atoms. The lowest BCUT2D eigenvalue weighted by Gasteiger charge is -2.20. The minimum Gasteiger partial charge on any atom is -0.495 e. The number of nitro benzene ring substituents is 1. The number of hydrogen-bond donors (Lipinski definition) is 1. The molecule has 0 aromatic heterocycles. The van der Waals surface area contributed by atoms with Crippen molar-refractivity contribution in [3.8, 4) is 5.75 Å². The van der Waals surface area contributed by atoms with Crippen molar-refractivity contribution in [2.24, 2.45) is 0 Å². The molecular formula is C20H19BrClFN2O6. The number of hydrogen-bond acceptors (Lipinski definition) is 6. The molecule has 11 heteroatoms. The minimum absolute atomic E-state index is 0.0319. The van der Waals surface area contributed by atoms with Crippen molar-refractivity contribution in [3.63, 3.8) is 0 Å². The van der Waals surface area contributed by atoms with Crippen LogP contribution in [0.4, 0.5) is 14.9 Å². The molecule has 0 atom stereocenters. The molecule has 0 saturated carbocycles. The lowest BCUT2D eigenvalue weighted by Crippen LogP contribution is -2.32. The maximum atomic E-state index is 13.7. The predicted octanol–water partition coefficient (Wildman–Crippen LogP) is 5.41. The van der Waals surface area contributed by atoms with Crippen molar-refractivity contribution in [1.82, 2.24) is 5.32 Å². The summed E-state index contributed by atoms with van der Waals surface area (Å²) in [4.78, 5) is 35.9. The number of ketones is 1. The Morgan fingerprint density at radius 1 is 1.29 bits per heavy atom. The second-order valence-electron chi connectivity index (χ2n) is 7.34. The van der Waals surface area contributed by atoms with E-state index in [-0.39, 0.29) is 38.5 Å². The zero-order valence-corrected chi connectivity index (χ0v) is 19.4. The van der Waals surface area contributed by atoms with E-state index < -0.39 is 33.9 Å². The summed E-state index contributed by atoms with van der Waals surface area (Å²) in [7, 11) is 1.30. The second kappa shape index (κ2) is 9.61. The van der Waals surface area contributed by atoms with Crippen LogP contribution in [0.25, 0.3) is 0 Å². The van der Waals surface area contributed by atoms with E-state index in [4.69, 9.17) is 21.1 Å². The van der Waals surface area contributed by atoms with Gasteiger partial charge in [-0.05, 0) is 54.9 Å². The van der Waals surface area contributed by atoms with E-state index in [1.807, 2.05) is 0 Å². The average Bonchev–Trinajstić information content (AvgIpc) is 2.65. The first-order chi connectivity index (χ1) is 14.4. The molecule has 0 aliphatic rings. The predicted molar refractivity (Wildman–Crippen MR) is 115 cm³/mol. The Balaban J connectivity index is 2.54. The monoisotopic (exact) mass is 516 g/mol. The fourth-order valence-corrected chi connectivity index (χ4v) is 3.67. The first kappa shape index (κ1) is 24.5. The van der Waals surface area contributed by atoms with Gasteiger partial charge in [0.05, 0.1) is 28.1 Å².